The fourth-order valence-electron chi connectivity index (χ4n) is 2.30. The monoisotopic (exact) mass is 338 g/mol. The number of carbonyl (C=O) groups is 1. The van der Waals surface area contributed by atoms with Crippen LogP contribution in [0.1, 0.15) is 13.8 Å². The number of ether oxygens (including phenoxy) is 2. The minimum Gasteiger partial charge on any atom is -0.447 e. The zero-order valence-corrected chi connectivity index (χ0v) is 13.9. The van der Waals surface area contributed by atoms with Crippen molar-refractivity contribution >= 4 is 29.1 Å². The third-order valence-corrected chi connectivity index (χ3v) is 3.28. The largest absolute Gasteiger partial charge is 0.447 e. The Morgan fingerprint density at radius 2 is 1.80 bits per heavy atom. The van der Waals surface area contributed by atoms with Gasteiger partial charge in [0.1, 0.15) is 5.75 Å². The van der Waals surface area contributed by atoms with Gasteiger partial charge in [-0.2, -0.15) is 0 Å². The number of fused-ring (bicyclic) bond motifs is 1. The van der Waals surface area contributed by atoms with E-state index in [-0.39, 0.29) is 18.1 Å². The van der Waals surface area contributed by atoms with Gasteiger partial charge in [-0.1, -0.05) is 30.3 Å². The number of para-hydroxylation sites is 3. The number of nitrogens with zero attached hydrogens (tertiary/aromatic N) is 2. The number of amides is 1. The van der Waals surface area contributed by atoms with Crippen LogP contribution in [0.15, 0.2) is 54.6 Å². The summed E-state index contributed by atoms with van der Waals surface area (Å²) in [5.74, 6) is 0.675. The average Bonchev–Trinajstić information content (AvgIpc) is 2.92. The number of anilines is 1. The van der Waals surface area contributed by atoms with Crippen molar-refractivity contribution in [3.63, 3.8) is 0 Å². The molecule has 0 bridgehead atoms. The minimum absolute atomic E-state index is 0.160. The van der Waals surface area contributed by atoms with Crippen molar-refractivity contribution in [2.24, 2.45) is 0 Å². The summed E-state index contributed by atoms with van der Waals surface area (Å²) in [6.07, 6.45) is -0.906. The lowest BCUT2D eigenvalue weighted by Crippen LogP contribution is -2.24. The molecule has 0 aliphatic heterocycles. The van der Waals surface area contributed by atoms with Gasteiger partial charge in [0, 0.05) is 0 Å². The first kappa shape index (κ1) is 16.5. The van der Waals surface area contributed by atoms with Crippen LogP contribution in [-0.4, -0.2) is 27.8 Å². The highest BCUT2D eigenvalue weighted by Crippen LogP contribution is 2.21. The highest BCUT2D eigenvalue weighted by molar-refractivity contribution is 5.95. The SMILES string of the molecule is CC(C)OC(=O)Nc1nc2ccccc2n1C(=N)Oc1ccccc1. The fraction of sp³-hybridized carbons (Fsp3) is 0.167. The molecule has 0 saturated heterocycles. The standard InChI is InChI=1S/C18H18N4O3/c1-12(2)24-18(23)21-17-20-14-10-6-7-11-15(14)22(17)16(19)25-13-8-4-3-5-9-13/h3-12,19H,1-2H3,(H,20,21,23). The number of carbonyl (C=O) groups excluding carboxylic acids is 1. The van der Waals surface area contributed by atoms with Crippen molar-refractivity contribution < 1.29 is 14.3 Å². The Morgan fingerprint density at radius 1 is 1.12 bits per heavy atom. The van der Waals surface area contributed by atoms with Crippen LogP contribution in [-0.2, 0) is 4.74 Å². The Kier molecular flexibility index (Phi) is 4.65. The molecule has 25 heavy (non-hydrogen) atoms. The number of hydrogen-bond acceptors (Lipinski definition) is 5. The van der Waals surface area contributed by atoms with Crippen molar-refractivity contribution in [1.82, 2.24) is 9.55 Å². The highest BCUT2D eigenvalue weighted by atomic mass is 16.6. The van der Waals surface area contributed by atoms with Gasteiger partial charge in [0.05, 0.1) is 17.1 Å². The molecule has 0 aliphatic rings. The van der Waals surface area contributed by atoms with Crippen LogP contribution in [0.25, 0.3) is 11.0 Å². The second-order valence-corrected chi connectivity index (χ2v) is 5.56. The molecule has 1 aromatic heterocycles. The highest BCUT2D eigenvalue weighted by Gasteiger charge is 2.18. The summed E-state index contributed by atoms with van der Waals surface area (Å²) in [4.78, 5) is 16.3. The van der Waals surface area contributed by atoms with Crippen LogP contribution in [0.5, 0.6) is 5.75 Å². The van der Waals surface area contributed by atoms with Gasteiger partial charge in [-0.15, -0.1) is 0 Å². The molecule has 0 unspecified atom stereocenters. The van der Waals surface area contributed by atoms with Crippen molar-refractivity contribution in [3.8, 4) is 5.75 Å². The van der Waals surface area contributed by atoms with Crippen LogP contribution in [0.3, 0.4) is 0 Å². The summed E-state index contributed by atoms with van der Waals surface area (Å²) in [6.45, 7) is 3.51. The van der Waals surface area contributed by atoms with E-state index in [9.17, 15) is 4.79 Å². The van der Waals surface area contributed by atoms with E-state index >= 15 is 0 Å². The van der Waals surface area contributed by atoms with Crippen LogP contribution >= 0.6 is 0 Å². The van der Waals surface area contributed by atoms with Gasteiger partial charge in [-0.25, -0.2) is 14.3 Å². The lowest BCUT2D eigenvalue weighted by atomic mass is 10.3. The van der Waals surface area contributed by atoms with Gasteiger partial charge < -0.3 is 9.47 Å². The molecule has 0 saturated carbocycles. The molecular formula is C18H18N4O3. The number of rotatable bonds is 3. The van der Waals surface area contributed by atoms with Gasteiger partial charge in [0.25, 0.3) is 0 Å². The molecule has 7 heteroatoms. The quantitative estimate of drug-likeness (QED) is 0.560. The zero-order valence-electron chi connectivity index (χ0n) is 13.9. The number of benzene rings is 2. The van der Waals surface area contributed by atoms with E-state index in [0.717, 1.165) is 0 Å². The Labute approximate surface area is 144 Å². The summed E-state index contributed by atoms with van der Waals surface area (Å²) in [5, 5.41) is 10.9. The molecule has 7 nitrogen and oxygen atoms in total. The van der Waals surface area contributed by atoms with Crippen LogP contribution in [0, 0.1) is 5.41 Å². The van der Waals surface area contributed by atoms with E-state index in [2.05, 4.69) is 10.3 Å². The maximum atomic E-state index is 11.9. The lowest BCUT2D eigenvalue weighted by Gasteiger charge is -2.13. The number of aromatic nitrogens is 2. The molecule has 2 aromatic carbocycles. The van der Waals surface area contributed by atoms with Gasteiger partial charge in [-0.3, -0.25) is 10.7 Å². The topological polar surface area (TPSA) is 89.2 Å². The van der Waals surface area contributed by atoms with Crippen molar-refractivity contribution in [2.45, 2.75) is 20.0 Å². The summed E-state index contributed by atoms with van der Waals surface area (Å²) in [7, 11) is 0. The number of imidazole rings is 1. The molecule has 0 spiro atoms. The zero-order chi connectivity index (χ0) is 17.8. The maximum Gasteiger partial charge on any atom is 0.414 e. The molecule has 0 fully saturated rings. The van der Waals surface area contributed by atoms with Gasteiger partial charge in [0.15, 0.2) is 0 Å². The molecule has 0 aliphatic carbocycles. The molecule has 3 rings (SSSR count). The third-order valence-electron chi connectivity index (χ3n) is 3.28. The van der Waals surface area contributed by atoms with Crippen molar-refractivity contribution in [3.05, 3.63) is 54.6 Å². The average molecular weight is 338 g/mol. The van der Waals surface area contributed by atoms with E-state index in [1.165, 1.54) is 4.57 Å². The summed E-state index contributed by atoms with van der Waals surface area (Å²) < 4.78 is 12.1. The fourth-order valence-corrected chi connectivity index (χ4v) is 2.30. The van der Waals surface area contributed by atoms with E-state index in [1.807, 2.05) is 30.3 Å². The maximum absolute atomic E-state index is 11.9. The predicted octanol–water partition coefficient (Wildman–Crippen LogP) is 3.86. The number of nitrogens with one attached hydrogen (secondary N) is 2. The molecular weight excluding hydrogens is 320 g/mol. The van der Waals surface area contributed by atoms with Crippen molar-refractivity contribution in [2.75, 3.05) is 5.32 Å². The third kappa shape index (κ3) is 3.77. The Bertz CT molecular complexity index is 903. The van der Waals surface area contributed by atoms with Gasteiger partial charge >= 0.3 is 12.1 Å². The molecule has 1 amide bonds. The lowest BCUT2D eigenvalue weighted by molar-refractivity contribution is 0.129. The summed E-state index contributed by atoms with van der Waals surface area (Å²) >= 11 is 0. The minimum atomic E-state index is -0.640. The summed E-state index contributed by atoms with van der Waals surface area (Å²) in [6, 6.07) is 16.0. The first-order chi connectivity index (χ1) is 12.0. The van der Waals surface area contributed by atoms with Gasteiger partial charge in [0.2, 0.25) is 5.95 Å². The van der Waals surface area contributed by atoms with Crippen molar-refractivity contribution in [1.29, 1.82) is 5.41 Å². The van der Waals surface area contributed by atoms with Crippen LogP contribution < -0.4 is 10.1 Å². The Hall–Kier alpha value is -3.35. The van der Waals surface area contributed by atoms with E-state index < -0.39 is 6.09 Å². The Morgan fingerprint density at radius 3 is 2.52 bits per heavy atom. The summed E-state index contributed by atoms with van der Waals surface area (Å²) in [5.41, 5.74) is 1.27. The van der Waals surface area contributed by atoms with Crippen LogP contribution in [0.2, 0.25) is 0 Å². The molecule has 3 aromatic rings. The molecule has 0 radical (unpaired) electrons. The molecule has 2 N–H and O–H groups in total. The van der Waals surface area contributed by atoms with E-state index in [0.29, 0.717) is 16.8 Å². The first-order valence-corrected chi connectivity index (χ1v) is 7.81. The molecule has 128 valence electrons. The predicted molar refractivity (Wildman–Crippen MR) is 95.2 cm³/mol. The second kappa shape index (κ2) is 7.04. The second-order valence-electron chi connectivity index (χ2n) is 5.56. The smallest absolute Gasteiger partial charge is 0.414 e. The van der Waals surface area contributed by atoms with Gasteiger partial charge in [-0.05, 0) is 38.1 Å². The van der Waals surface area contributed by atoms with E-state index in [4.69, 9.17) is 14.9 Å². The molecule has 1 heterocycles. The number of hydrogen-bond donors (Lipinski definition) is 2. The Balaban J connectivity index is 1.95. The normalized spacial score (nSPS) is 10.7. The van der Waals surface area contributed by atoms with Crippen LogP contribution in [0.4, 0.5) is 10.7 Å². The molecule has 0 atom stereocenters. The first-order valence-electron chi connectivity index (χ1n) is 7.81. The van der Waals surface area contributed by atoms with E-state index in [1.54, 1.807) is 38.1 Å².